The summed E-state index contributed by atoms with van der Waals surface area (Å²) >= 11 is 1.26. The van der Waals surface area contributed by atoms with Gasteiger partial charge in [0, 0.05) is 17.5 Å². The second kappa shape index (κ2) is 8.67. The predicted molar refractivity (Wildman–Crippen MR) is 123 cm³/mol. The first-order valence-electron chi connectivity index (χ1n) is 9.80. The summed E-state index contributed by atoms with van der Waals surface area (Å²) < 4.78 is 0. The fraction of sp³-hybridized carbons (Fsp3) is 0.160. The van der Waals surface area contributed by atoms with Crippen molar-refractivity contribution in [2.75, 3.05) is 5.75 Å². The summed E-state index contributed by atoms with van der Waals surface area (Å²) in [6.45, 7) is 3.78. The van der Waals surface area contributed by atoms with Crippen molar-refractivity contribution in [1.82, 2.24) is 9.97 Å². The maximum absolute atomic E-state index is 12.5. The molecule has 0 aliphatic carbocycles. The van der Waals surface area contributed by atoms with Crippen LogP contribution in [0.25, 0.3) is 10.8 Å². The zero-order valence-electron chi connectivity index (χ0n) is 16.9. The number of carbonyl (C=O) groups excluding carboxylic acids is 1. The van der Waals surface area contributed by atoms with Gasteiger partial charge in [0.2, 0.25) is 0 Å². The fourth-order valence-corrected chi connectivity index (χ4v) is 4.15. The molecular weight excluding hydrogens is 392 g/mol. The van der Waals surface area contributed by atoms with Gasteiger partial charge in [0.05, 0.1) is 11.4 Å². The van der Waals surface area contributed by atoms with E-state index in [1.54, 1.807) is 6.92 Å². The molecule has 1 N–H and O–H groups in total. The molecule has 30 heavy (non-hydrogen) atoms. The van der Waals surface area contributed by atoms with Crippen LogP contribution in [0.3, 0.4) is 0 Å². The number of aromatic nitrogens is 2. The summed E-state index contributed by atoms with van der Waals surface area (Å²) in [5.41, 5.74) is 4.09. The Bertz CT molecular complexity index is 1270. The van der Waals surface area contributed by atoms with E-state index >= 15 is 0 Å². The average Bonchev–Trinajstić information content (AvgIpc) is 2.76. The molecule has 150 valence electrons. The molecule has 0 fully saturated rings. The first-order valence-corrected chi connectivity index (χ1v) is 10.8. The monoisotopic (exact) mass is 414 g/mol. The number of hydrogen-bond donors (Lipinski definition) is 1. The van der Waals surface area contributed by atoms with Crippen molar-refractivity contribution in [1.29, 1.82) is 0 Å². The van der Waals surface area contributed by atoms with E-state index in [2.05, 4.69) is 34.2 Å². The third-order valence-corrected chi connectivity index (χ3v) is 6.06. The standard InChI is InChI=1S/C25H22N2O2S/c1-16-10-12-19(13-11-16)23(28)15-30-25-26-22(17(2)24(29)27-25)14-20-8-5-7-18-6-3-4-9-21(18)20/h3-13H,14-15H2,1-2H3,(H,26,27,29). The normalized spacial score (nSPS) is 11.0. The molecule has 4 aromatic rings. The van der Waals surface area contributed by atoms with Crippen LogP contribution >= 0.6 is 11.8 Å². The highest BCUT2D eigenvalue weighted by molar-refractivity contribution is 7.99. The second-order valence-electron chi connectivity index (χ2n) is 7.34. The number of aryl methyl sites for hydroxylation is 1. The minimum atomic E-state index is -0.162. The lowest BCUT2D eigenvalue weighted by atomic mass is 9.99. The highest BCUT2D eigenvalue weighted by Crippen LogP contribution is 2.22. The fourth-order valence-electron chi connectivity index (χ4n) is 3.38. The Morgan fingerprint density at radius 3 is 2.50 bits per heavy atom. The average molecular weight is 415 g/mol. The molecular formula is C25H22N2O2S. The zero-order chi connectivity index (χ0) is 21.1. The largest absolute Gasteiger partial charge is 0.301 e. The third kappa shape index (κ3) is 4.36. The summed E-state index contributed by atoms with van der Waals surface area (Å²) in [5, 5.41) is 2.79. The quantitative estimate of drug-likeness (QED) is 0.271. The van der Waals surface area contributed by atoms with Crippen LogP contribution in [0.2, 0.25) is 0 Å². The number of Topliss-reactive ketones (excluding diaryl/α,β-unsaturated/α-hetero) is 1. The van der Waals surface area contributed by atoms with Crippen LogP contribution in [0, 0.1) is 13.8 Å². The summed E-state index contributed by atoms with van der Waals surface area (Å²) in [4.78, 5) is 32.4. The molecule has 0 unspecified atom stereocenters. The van der Waals surface area contributed by atoms with E-state index in [-0.39, 0.29) is 17.1 Å². The first kappa shape index (κ1) is 20.1. The maximum Gasteiger partial charge on any atom is 0.254 e. The van der Waals surface area contributed by atoms with E-state index in [1.807, 2.05) is 49.4 Å². The molecule has 0 saturated carbocycles. The lowest BCUT2D eigenvalue weighted by molar-refractivity contribution is 0.102. The summed E-state index contributed by atoms with van der Waals surface area (Å²) in [7, 11) is 0. The van der Waals surface area contributed by atoms with E-state index in [0.717, 1.165) is 27.6 Å². The van der Waals surface area contributed by atoms with Crippen LogP contribution in [0.15, 0.2) is 76.7 Å². The number of H-pyrrole nitrogens is 1. The summed E-state index contributed by atoms with van der Waals surface area (Å²) in [6, 6.07) is 21.9. The zero-order valence-corrected chi connectivity index (χ0v) is 17.8. The Morgan fingerprint density at radius 1 is 0.967 bits per heavy atom. The minimum absolute atomic E-state index is 0.0128. The smallest absolute Gasteiger partial charge is 0.254 e. The molecule has 0 saturated heterocycles. The number of rotatable bonds is 6. The Labute approximate surface area is 179 Å². The van der Waals surface area contributed by atoms with Crippen molar-refractivity contribution in [3.05, 3.63) is 105 Å². The Kier molecular flexibility index (Phi) is 5.81. The van der Waals surface area contributed by atoms with Crippen LogP contribution in [0.1, 0.15) is 32.7 Å². The maximum atomic E-state index is 12.5. The van der Waals surface area contributed by atoms with Gasteiger partial charge in [-0.15, -0.1) is 0 Å². The molecule has 0 radical (unpaired) electrons. The number of aromatic amines is 1. The van der Waals surface area contributed by atoms with Crippen LogP contribution < -0.4 is 5.56 Å². The second-order valence-corrected chi connectivity index (χ2v) is 8.30. The number of nitrogens with one attached hydrogen (secondary N) is 1. The number of nitrogens with zero attached hydrogens (tertiary/aromatic N) is 1. The van der Waals surface area contributed by atoms with E-state index in [9.17, 15) is 9.59 Å². The van der Waals surface area contributed by atoms with Gasteiger partial charge in [-0.3, -0.25) is 9.59 Å². The molecule has 0 aliphatic heterocycles. The van der Waals surface area contributed by atoms with Crippen molar-refractivity contribution in [2.45, 2.75) is 25.4 Å². The predicted octanol–water partition coefficient (Wildman–Crippen LogP) is 5.11. The van der Waals surface area contributed by atoms with Gasteiger partial charge in [0.1, 0.15) is 0 Å². The summed E-state index contributed by atoms with van der Waals surface area (Å²) in [6.07, 6.45) is 0.566. The van der Waals surface area contributed by atoms with E-state index < -0.39 is 0 Å². The Balaban J connectivity index is 1.57. The SMILES string of the molecule is Cc1ccc(C(=O)CSc2nc(Cc3cccc4ccccc34)c(C)c(=O)[nH]2)cc1. The molecule has 0 bridgehead atoms. The lowest BCUT2D eigenvalue weighted by Gasteiger charge is -2.10. The molecule has 0 aliphatic rings. The van der Waals surface area contributed by atoms with Crippen LogP contribution in [-0.2, 0) is 6.42 Å². The van der Waals surface area contributed by atoms with Gasteiger partial charge in [-0.05, 0) is 30.2 Å². The van der Waals surface area contributed by atoms with Crippen LogP contribution in [0.4, 0.5) is 0 Å². The topological polar surface area (TPSA) is 62.8 Å². The van der Waals surface area contributed by atoms with Gasteiger partial charge in [-0.2, -0.15) is 0 Å². The highest BCUT2D eigenvalue weighted by atomic mass is 32.2. The third-order valence-electron chi connectivity index (χ3n) is 5.18. The van der Waals surface area contributed by atoms with Crippen molar-refractivity contribution >= 4 is 28.3 Å². The van der Waals surface area contributed by atoms with Gasteiger partial charge in [-0.1, -0.05) is 84.1 Å². The summed E-state index contributed by atoms with van der Waals surface area (Å²) in [5.74, 6) is 0.238. The van der Waals surface area contributed by atoms with Crippen LogP contribution in [-0.4, -0.2) is 21.5 Å². The van der Waals surface area contributed by atoms with Gasteiger partial charge in [-0.25, -0.2) is 4.98 Å². The Morgan fingerprint density at radius 2 is 1.70 bits per heavy atom. The number of thioether (sulfide) groups is 1. The van der Waals surface area contributed by atoms with Crippen LogP contribution in [0.5, 0.6) is 0 Å². The molecule has 0 atom stereocenters. The molecule has 4 nitrogen and oxygen atoms in total. The van der Waals surface area contributed by atoms with Gasteiger partial charge < -0.3 is 4.98 Å². The van der Waals surface area contributed by atoms with Crippen molar-refractivity contribution < 1.29 is 4.79 Å². The molecule has 4 rings (SSSR count). The number of benzene rings is 3. The number of hydrogen-bond acceptors (Lipinski definition) is 4. The number of carbonyl (C=O) groups is 1. The van der Waals surface area contributed by atoms with Gasteiger partial charge in [0.25, 0.3) is 5.56 Å². The molecule has 0 amide bonds. The lowest BCUT2D eigenvalue weighted by Crippen LogP contribution is -2.17. The number of fused-ring (bicyclic) bond motifs is 1. The van der Waals surface area contributed by atoms with Crippen molar-refractivity contribution in [2.24, 2.45) is 0 Å². The van der Waals surface area contributed by atoms with E-state index in [4.69, 9.17) is 0 Å². The molecule has 0 spiro atoms. The minimum Gasteiger partial charge on any atom is -0.301 e. The molecule has 5 heteroatoms. The molecule has 3 aromatic carbocycles. The number of ketones is 1. The van der Waals surface area contributed by atoms with Gasteiger partial charge in [0.15, 0.2) is 10.9 Å². The van der Waals surface area contributed by atoms with Crippen molar-refractivity contribution in [3.63, 3.8) is 0 Å². The molecule has 1 heterocycles. The van der Waals surface area contributed by atoms with Gasteiger partial charge >= 0.3 is 0 Å². The van der Waals surface area contributed by atoms with Crippen molar-refractivity contribution in [3.8, 4) is 0 Å². The van der Waals surface area contributed by atoms with E-state index in [0.29, 0.717) is 22.7 Å². The molecule has 1 aromatic heterocycles. The highest BCUT2D eigenvalue weighted by Gasteiger charge is 2.13. The first-order chi connectivity index (χ1) is 14.5. The van der Waals surface area contributed by atoms with E-state index in [1.165, 1.54) is 11.8 Å². The Hall–Kier alpha value is -3.18.